The third kappa shape index (κ3) is 10.1. The summed E-state index contributed by atoms with van der Waals surface area (Å²) in [6.45, 7) is 12.1. The lowest BCUT2D eigenvalue weighted by atomic mass is 9.91. The zero-order chi connectivity index (χ0) is 31.2. The molecule has 0 aromatic heterocycles. The van der Waals surface area contributed by atoms with E-state index < -0.39 is 0 Å². The minimum absolute atomic E-state index is 0.106. The first-order chi connectivity index (χ1) is 20.8. The second-order valence-corrected chi connectivity index (χ2v) is 11.0. The Morgan fingerprint density at radius 1 is 0.814 bits per heavy atom. The summed E-state index contributed by atoms with van der Waals surface area (Å²) in [5.74, 6) is 1.74. The van der Waals surface area contributed by atoms with Gasteiger partial charge < -0.3 is 24.4 Å². The Kier molecular flexibility index (Phi) is 13.4. The molecule has 7 heteroatoms. The molecule has 2 atom stereocenters. The van der Waals surface area contributed by atoms with Crippen LogP contribution < -0.4 is 14.8 Å². The topological polar surface area (TPSA) is 77.1 Å². The van der Waals surface area contributed by atoms with Crippen molar-refractivity contribution in [3.8, 4) is 22.6 Å². The van der Waals surface area contributed by atoms with E-state index in [-0.39, 0.29) is 24.5 Å². The molecule has 7 nitrogen and oxygen atoms in total. The maximum absolute atomic E-state index is 12.6. The van der Waals surface area contributed by atoms with Crippen molar-refractivity contribution >= 4 is 12.0 Å². The van der Waals surface area contributed by atoms with E-state index in [1.807, 2.05) is 43.4 Å². The van der Waals surface area contributed by atoms with Gasteiger partial charge in [0.1, 0.15) is 18.1 Å². The van der Waals surface area contributed by atoms with Crippen LogP contribution in [0.5, 0.6) is 11.5 Å². The standard InChI is InChI=1S/C36H48N2O5/c1-7-26(4)31-23-29(30-16-18-34(32(24-30)27(5)8-2)43-25-35(39)41-9-3)15-17-33(31)42-22-20-37-36(40)38(6)21-19-28-13-11-10-12-14-28/h10-18,23-24,26-27H,7-9,19-22,25H2,1-6H3,(H,37,40). The monoisotopic (exact) mass is 588 g/mol. The highest BCUT2D eigenvalue weighted by Gasteiger charge is 2.17. The number of likely N-dealkylation sites (N-methyl/N-ethyl adjacent to an activating group) is 1. The minimum atomic E-state index is -0.370. The second-order valence-electron chi connectivity index (χ2n) is 11.0. The summed E-state index contributed by atoms with van der Waals surface area (Å²) in [4.78, 5) is 26.1. The molecular weight excluding hydrogens is 540 g/mol. The molecule has 1 N–H and O–H groups in total. The van der Waals surface area contributed by atoms with Gasteiger partial charge in [-0.1, -0.05) is 70.2 Å². The van der Waals surface area contributed by atoms with Gasteiger partial charge in [-0.15, -0.1) is 0 Å². The van der Waals surface area contributed by atoms with Crippen LogP contribution in [0, 0.1) is 0 Å². The van der Waals surface area contributed by atoms with Gasteiger partial charge in [0.15, 0.2) is 6.61 Å². The molecule has 0 saturated carbocycles. The maximum Gasteiger partial charge on any atom is 0.344 e. The lowest BCUT2D eigenvalue weighted by Gasteiger charge is -2.20. The third-order valence-electron chi connectivity index (χ3n) is 7.85. The highest BCUT2D eigenvalue weighted by atomic mass is 16.6. The lowest BCUT2D eigenvalue weighted by Crippen LogP contribution is -2.40. The summed E-state index contributed by atoms with van der Waals surface area (Å²) in [6, 6.07) is 22.5. The fraction of sp³-hybridized carbons (Fsp3) is 0.444. The second kappa shape index (κ2) is 17.2. The Hall–Kier alpha value is -4.00. The minimum Gasteiger partial charge on any atom is -0.491 e. The molecule has 0 aliphatic heterocycles. The fourth-order valence-corrected chi connectivity index (χ4v) is 4.77. The first-order valence-electron chi connectivity index (χ1n) is 15.5. The average molecular weight is 589 g/mol. The van der Waals surface area contributed by atoms with Crippen LogP contribution in [0.2, 0.25) is 0 Å². The van der Waals surface area contributed by atoms with Gasteiger partial charge in [0.25, 0.3) is 0 Å². The van der Waals surface area contributed by atoms with Crippen molar-refractivity contribution in [2.24, 2.45) is 0 Å². The van der Waals surface area contributed by atoms with Gasteiger partial charge in [-0.25, -0.2) is 9.59 Å². The SMILES string of the molecule is CCOC(=O)COc1ccc(-c2ccc(OCCNC(=O)N(C)CCc3ccccc3)c(C(C)CC)c2)cc1C(C)CC. The number of benzene rings is 3. The van der Waals surface area contributed by atoms with Crippen LogP contribution in [0.3, 0.4) is 0 Å². The van der Waals surface area contributed by atoms with Crippen LogP contribution in [-0.4, -0.2) is 56.9 Å². The van der Waals surface area contributed by atoms with Crippen LogP contribution in [0.1, 0.15) is 76.0 Å². The van der Waals surface area contributed by atoms with E-state index in [2.05, 4.69) is 63.3 Å². The van der Waals surface area contributed by atoms with Gasteiger partial charge in [-0.3, -0.25) is 0 Å². The van der Waals surface area contributed by atoms with E-state index in [1.165, 1.54) is 5.56 Å². The predicted molar refractivity (Wildman–Crippen MR) is 173 cm³/mol. The normalized spacial score (nSPS) is 12.2. The van der Waals surface area contributed by atoms with E-state index in [4.69, 9.17) is 14.2 Å². The Bertz CT molecular complexity index is 1310. The van der Waals surface area contributed by atoms with Gasteiger partial charge >= 0.3 is 12.0 Å². The first kappa shape index (κ1) is 33.5. The molecule has 0 saturated heterocycles. The summed E-state index contributed by atoms with van der Waals surface area (Å²) in [7, 11) is 1.81. The molecule has 0 aliphatic rings. The van der Waals surface area contributed by atoms with Crippen molar-refractivity contribution in [1.29, 1.82) is 0 Å². The maximum atomic E-state index is 12.6. The van der Waals surface area contributed by atoms with Crippen LogP contribution in [-0.2, 0) is 16.0 Å². The molecule has 3 rings (SSSR count). The molecule has 0 aliphatic carbocycles. The molecule has 2 amide bonds. The van der Waals surface area contributed by atoms with Crippen LogP contribution >= 0.6 is 0 Å². The van der Waals surface area contributed by atoms with Crippen LogP contribution in [0.4, 0.5) is 4.79 Å². The summed E-state index contributed by atoms with van der Waals surface area (Å²) < 4.78 is 17.1. The van der Waals surface area contributed by atoms with Gasteiger partial charge in [-0.05, 0) is 90.1 Å². The highest BCUT2D eigenvalue weighted by molar-refractivity contribution is 5.74. The van der Waals surface area contributed by atoms with Gasteiger partial charge in [0.05, 0.1) is 13.2 Å². The number of rotatable bonds is 16. The molecule has 0 fully saturated rings. The lowest BCUT2D eigenvalue weighted by molar-refractivity contribution is -0.145. The third-order valence-corrected chi connectivity index (χ3v) is 7.85. The van der Waals surface area contributed by atoms with Crippen LogP contribution in [0.25, 0.3) is 11.1 Å². The average Bonchev–Trinajstić information content (AvgIpc) is 3.04. The van der Waals surface area contributed by atoms with E-state index in [1.54, 1.807) is 11.8 Å². The zero-order valence-electron chi connectivity index (χ0n) is 26.7. The Morgan fingerprint density at radius 3 is 1.95 bits per heavy atom. The number of esters is 1. The van der Waals surface area contributed by atoms with Gasteiger partial charge in [0, 0.05) is 13.6 Å². The Morgan fingerprint density at radius 2 is 1.40 bits per heavy atom. The van der Waals surface area contributed by atoms with Crippen molar-refractivity contribution in [2.75, 3.05) is 40.0 Å². The Labute approximate surface area is 257 Å². The first-order valence-corrected chi connectivity index (χ1v) is 15.5. The number of hydrogen-bond acceptors (Lipinski definition) is 5. The van der Waals surface area contributed by atoms with Gasteiger partial charge in [-0.2, -0.15) is 0 Å². The van der Waals surface area contributed by atoms with E-state index >= 15 is 0 Å². The van der Waals surface area contributed by atoms with Crippen LogP contribution in [0.15, 0.2) is 66.7 Å². The number of carbonyl (C=O) groups is 2. The van der Waals surface area contributed by atoms with E-state index in [0.717, 1.165) is 47.3 Å². The molecule has 3 aromatic rings. The molecule has 3 aromatic carbocycles. The predicted octanol–water partition coefficient (Wildman–Crippen LogP) is 7.59. The molecule has 0 spiro atoms. The zero-order valence-corrected chi connectivity index (χ0v) is 26.7. The number of urea groups is 1. The highest BCUT2D eigenvalue weighted by Crippen LogP contribution is 2.37. The molecular formula is C36H48N2O5. The molecule has 0 radical (unpaired) electrons. The summed E-state index contributed by atoms with van der Waals surface area (Å²) >= 11 is 0. The van der Waals surface area contributed by atoms with Crippen molar-refractivity contribution < 1.29 is 23.8 Å². The molecule has 232 valence electrons. The summed E-state index contributed by atoms with van der Waals surface area (Å²) in [6.07, 6.45) is 2.74. The molecule has 0 heterocycles. The number of hydrogen-bond donors (Lipinski definition) is 1. The fourth-order valence-electron chi connectivity index (χ4n) is 4.77. The van der Waals surface area contributed by atoms with Crippen molar-refractivity contribution in [1.82, 2.24) is 10.2 Å². The smallest absolute Gasteiger partial charge is 0.344 e. The summed E-state index contributed by atoms with van der Waals surface area (Å²) in [5.41, 5.74) is 5.59. The summed E-state index contributed by atoms with van der Waals surface area (Å²) in [5, 5.41) is 2.96. The Balaban J connectivity index is 1.66. The molecule has 2 unspecified atom stereocenters. The van der Waals surface area contributed by atoms with E-state index in [9.17, 15) is 9.59 Å². The van der Waals surface area contributed by atoms with E-state index in [0.29, 0.717) is 38.0 Å². The number of nitrogens with one attached hydrogen (secondary N) is 1. The van der Waals surface area contributed by atoms with Crippen molar-refractivity contribution in [2.45, 2.75) is 65.7 Å². The number of ether oxygens (including phenoxy) is 3. The molecule has 43 heavy (non-hydrogen) atoms. The largest absolute Gasteiger partial charge is 0.491 e. The molecule has 0 bridgehead atoms. The number of carbonyl (C=O) groups excluding carboxylic acids is 2. The number of nitrogens with zero attached hydrogens (tertiary/aromatic N) is 1. The number of amides is 2. The van der Waals surface area contributed by atoms with Crippen molar-refractivity contribution in [3.05, 3.63) is 83.4 Å². The quantitative estimate of drug-likeness (QED) is 0.138. The van der Waals surface area contributed by atoms with Crippen molar-refractivity contribution in [3.63, 3.8) is 0 Å². The van der Waals surface area contributed by atoms with Gasteiger partial charge in [0.2, 0.25) is 0 Å².